The van der Waals surface area contributed by atoms with Crippen LogP contribution in [0, 0.1) is 10.1 Å². The van der Waals surface area contributed by atoms with Gasteiger partial charge in [0.25, 0.3) is 0 Å². The Hall–Kier alpha value is -5.91. The largest absolute Gasteiger partial charge is 0.493 e. The van der Waals surface area contributed by atoms with Gasteiger partial charge in [-0.1, -0.05) is 54.6 Å². The maximum atomic E-state index is 12.7. The average Bonchev–Trinajstić information content (AvgIpc) is 3.37. The molecule has 2 N–H and O–H groups in total. The van der Waals surface area contributed by atoms with Crippen molar-refractivity contribution in [2.75, 3.05) is 20.8 Å². The third kappa shape index (κ3) is 6.54. The van der Waals surface area contributed by atoms with Crippen molar-refractivity contribution in [1.29, 1.82) is 0 Å². The lowest BCUT2D eigenvalue weighted by Crippen LogP contribution is -2.42. The number of carbonyl (C=O) groups excluding carboxylic acids is 2. The van der Waals surface area contributed by atoms with Crippen LogP contribution in [0.3, 0.4) is 0 Å². The van der Waals surface area contributed by atoms with E-state index in [-0.39, 0.29) is 47.3 Å². The Kier molecular flexibility index (Phi) is 8.94. The topological polar surface area (TPSA) is 164 Å². The monoisotopic (exact) mass is 612 g/mol. The highest BCUT2D eigenvalue weighted by Gasteiger charge is 2.30. The van der Waals surface area contributed by atoms with Crippen molar-refractivity contribution in [3.8, 4) is 28.4 Å². The van der Waals surface area contributed by atoms with Crippen LogP contribution in [0.5, 0.6) is 17.2 Å². The van der Waals surface area contributed by atoms with Gasteiger partial charge in [0, 0.05) is 18.4 Å². The minimum atomic E-state index is -1.43. The van der Waals surface area contributed by atoms with Crippen molar-refractivity contribution in [3.05, 3.63) is 117 Å². The lowest BCUT2D eigenvalue weighted by Gasteiger charge is -2.18. The number of nitro benzene ring substituents is 1. The van der Waals surface area contributed by atoms with E-state index < -0.39 is 34.7 Å². The number of nitrogens with zero attached hydrogens (tertiary/aromatic N) is 1. The number of methoxy groups -OCH3 is 2. The van der Waals surface area contributed by atoms with Gasteiger partial charge in [0.15, 0.2) is 11.5 Å². The molecule has 12 nitrogen and oxygen atoms in total. The number of hydrogen-bond donors (Lipinski definition) is 2. The molecule has 1 aliphatic carbocycles. The Bertz CT molecular complexity index is 1740. The van der Waals surface area contributed by atoms with Gasteiger partial charge in [-0.15, -0.1) is 0 Å². The number of alkyl carbamates (subject to hydrolysis) is 1. The predicted molar refractivity (Wildman–Crippen MR) is 161 cm³/mol. The number of esters is 1. The molecule has 4 aromatic carbocycles. The van der Waals surface area contributed by atoms with E-state index in [1.54, 1.807) is 0 Å². The number of carboxylic acids is 1. The molecule has 1 atom stereocenters. The molecule has 0 saturated carbocycles. The number of aliphatic carboxylic acids is 1. The van der Waals surface area contributed by atoms with Crippen molar-refractivity contribution in [2.24, 2.45) is 0 Å². The Labute approximate surface area is 257 Å². The molecule has 0 fully saturated rings. The van der Waals surface area contributed by atoms with Gasteiger partial charge < -0.3 is 29.4 Å². The predicted octanol–water partition coefficient (Wildman–Crippen LogP) is 5.72. The summed E-state index contributed by atoms with van der Waals surface area (Å²) in [7, 11) is 2.57. The Morgan fingerprint density at radius 2 is 1.53 bits per heavy atom. The fourth-order valence-electron chi connectivity index (χ4n) is 5.25. The van der Waals surface area contributed by atoms with Gasteiger partial charge in [0.1, 0.15) is 12.6 Å². The Balaban J connectivity index is 1.28. The van der Waals surface area contributed by atoms with Crippen LogP contribution in [0.15, 0.2) is 84.9 Å². The number of nitrogens with one attached hydrogen (secondary N) is 1. The van der Waals surface area contributed by atoms with Crippen molar-refractivity contribution >= 4 is 23.7 Å². The molecule has 230 valence electrons. The minimum absolute atomic E-state index is 0.00617. The molecule has 0 spiro atoms. The third-order valence-electron chi connectivity index (χ3n) is 7.40. The molecule has 0 saturated heterocycles. The molecule has 12 heteroatoms. The van der Waals surface area contributed by atoms with E-state index >= 15 is 0 Å². The van der Waals surface area contributed by atoms with Gasteiger partial charge in [-0.05, 0) is 52.1 Å². The summed E-state index contributed by atoms with van der Waals surface area (Å²) in [5.74, 6) is -2.08. The third-order valence-corrected chi connectivity index (χ3v) is 7.40. The van der Waals surface area contributed by atoms with Crippen molar-refractivity contribution < 1.29 is 43.4 Å². The summed E-state index contributed by atoms with van der Waals surface area (Å²) < 4.78 is 21.2. The molecule has 0 bridgehead atoms. The highest BCUT2D eigenvalue weighted by molar-refractivity contribution is 5.90. The lowest BCUT2D eigenvalue weighted by molar-refractivity contribution is -0.385. The maximum absolute atomic E-state index is 12.7. The minimum Gasteiger partial charge on any atom is -0.493 e. The average molecular weight is 613 g/mol. The van der Waals surface area contributed by atoms with E-state index in [0.29, 0.717) is 0 Å². The first-order chi connectivity index (χ1) is 21.7. The first-order valence-corrected chi connectivity index (χ1v) is 13.8. The quantitative estimate of drug-likeness (QED) is 0.122. The number of carboxylic acid groups (broad SMARTS) is 1. The summed E-state index contributed by atoms with van der Waals surface area (Å²) in [5.41, 5.74) is 4.12. The Morgan fingerprint density at radius 1 is 0.889 bits per heavy atom. The summed E-state index contributed by atoms with van der Waals surface area (Å²) >= 11 is 0. The zero-order valence-corrected chi connectivity index (χ0v) is 24.2. The van der Waals surface area contributed by atoms with Crippen LogP contribution in [0.25, 0.3) is 11.1 Å². The number of fused-ring (bicyclic) bond motifs is 3. The number of amides is 1. The van der Waals surface area contributed by atoms with E-state index in [1.807, 2.05) is 48.5 Å². The second-order valence-corrected chi connectivity index (χ2v) is 10.1. The molecule has 1 amide bonds. The van der Waals surface area contributed by atoms with E-state index in [4.69, 9.17) is 18.9 Å². The molecular weight excluding hydrogens is 584 g/mol. The fraction of sp³-hybridized carbons (Fsp3) is 0.182. The second kappa shape index (κ2) is 13.2. The molecule has 1 unspecified atom stereocenters. The van der Waals surface area contributed by atoms with Crippen molar-refractivity contribution in [1.82, 2.24) is 5.32 Å². The highest BCUT2D eigenvalue weighted by atomic mass is 16.6. The van der Waals surface area contributed by atoms with Gasteiger partial charge in [0.05, 0.1) is 24.7 Å². The van der Waals surface area contributed by atoms with Crippen molar-refractivity contribution in [3.63, 3.8) is 0 Å². The van der Waals surface area contributed by atoms with Gasteiger partial charge in [-0.25, -0.2) is 14.4 Å². The van der Waals surface area contributed by atoms with E-state index in [0.717, 1.165) is 22.3 Å². The van der Waals surface area contributed by atoms with E-state index in [2.05, 4.69) is 5.32 Å². The molecule has 45 heavy (non-hydrogen) atoms. The summed E-state index contributed by atoms with van der Waals surface area (Å²) in [6.45, 7) is -0.00617. The van der Waals surface area contributed by atoms with Crippen LogP contribution in [-0.4, -0.2) is 54.9 Å². The number of nitro groups is 1. The smallest absolute Gasteiger partial charge is 0.407 e. The zero-order valence-electron chi connectivity index (χ0n) is 24.2. The first-order valence-electron chi connectivity index (χ1n) is 13.8. The van der Waals surface area contributed by atoms with Gasteiger partial charge >= 0.3 is 23.7 Å². The molecule has 0 radical (unpaired) electrons. The highest BCUT2D eigenvalue weighted by Crippen LogP contribution is 2.44. The summed E-state index contributed by atoms with van der Waals surface area (Å²) in [5, 5.41) is 24.1. The van der Waals surface area contributed by atoms with Gasteiger partial charge in [-0.2, -0.15) is 0 Å². The Morgan fingerprint density at radius 3 is 2.13 bits per heavy atom. The van der Waals surface area contributed by atoms with Gasteiger partial charge in [0.2, 0.25) is 5.75 Å². The standard InChI is InChI=1S/C33H28N2O10/c1-42-30-17-20(32(38)43-2)12-14-29(30)45-28-13-11-19(16-27(28)35(40)41)15-26(31(36)37)34-33(39)44-18-25-23-9-5-3-7-21(23)22-8-4-6-10-24(22)25/h3-14,16-17,25-26H,15,18H2,1-2H3,(H,34,39)(H,36,37). The van der Waals surface area contributed by atoms with E-state index in [1.165, 1.54) is 50.6 Å². The van der Waals surface area contributed by atoms with Gasteiger partial charge in [-0.3, -0.25) is 10.1 Å². The molecule has 0 aliphatic heterocycles. The second-order valence-electron chi connectivity index (χ2n) is 10.1. The molecule has 0 heterocycles. The molecule has 5 rings (SSSR count). The zero-order chi connectivity index (χ0) is 32.1. The molecular formula is C33H28N2O10. The normalized spacial score (nSPS) is 12.3. The lowest BCUT2D eigenvalue weighted by atomic mass is 9.98. The van der Waals surface area contributed by atoms with Crippen LogP contribution in [0.4, 0.5) is 10.5 Å². The summed E-state index contributed by atoms with van der Waals surface area (Å²) in [6, 6.07) is 22.3. The number of ether oxygens (including phenoxy) is 4. The summed E-state index contributed by atoms with van der Waals surface area (Å²) in [6.07, 6.45) is -1.20. The van der Waals surface area contributed by atoms with Crippen LogP contribution in [0.1, 0.15) is 33.0 Å². The number of benzene rings is 4. The first kappa shape index (κ1) is 30.5. The van der Waals surface area contributed by atoms with Crippen LogP contribution in [-0.2, 0) is 20.7 Å². The summed E-state index contributed by atoms with van der Waals surface area (Å²) in [4.78, 5) is 47.9. The van der Waals surface area contributed by atoms with Crippen LogP contribution >= 0.6 is 0 Å². The molecule has 4 aromatic rings. The molecule has 1 aliphatic rings. The number of hydrogen-bond acceptors (Lipinski definition) is 9. The maximum Gasteiger partial charge on any atom is 0.407 e. The van der Waals surface area contributed by atoms with E-state index in [9.17, 15) is 29.6 Å². The molecule has 0 aromatic heterocycles. The van der Waals surface area contributed by atoms with Crippen LogP contribution in [0.2, 0.25) is 0 Å². The number of rotatable bonds is 11. The van der Waals surface area contributed by atoms with Crippen molar-refractivity contribution in [2.45, 2.75) is 18.4 Å². The fourth-order valence-corrected chi connectivity index (χ4v) is 5.25. The van der Waals surface area contributed by atoms with Crippen LogP contribution < -0.4 is 14.8 Å². The number of carbonyl (C=O) groups is 3. The SMILES string of the molecule is COC(=O)c1ccc(Oc2ccc(CC(NC(=O)OCC3c4ccccc4-c4ccccc43)C(=O)O)cc2[N+](=O)[O-])c(OC)c1.